The molecule has 0 N–H and O–H groups in total. The van der Waals surface area contributed by atoms with Crippen molar-refractivity contribution in [3.8, 4) is 0 Å². The lowest BCUT2D eigenvalue weighted by Gasteiger charge is -2.00. The molecule has 0 radical (unpaired) electrons. The van der Waals surface area contributed by atoms with Crippen molar-refractivity contribution in [2.24, 2.45) is 0 Å². The second-order valence-corrected chi connectivity index (χ2v) is 3.27. The molecule has 4 heteroatoms. The van der Waals surface area contributed by atoms with Gasteiger partial charge in [-0.25, -0.2) is 9.97 Å². The van der Waals surface area contributed by atoms with Crippen LogP contribution < -0.4 is 0 Å². The number of rotatable bonds is 2. The number of hydrogen-bond donors (Lipinski definition) is 0. The fraction of sp³-hybridized carbons (Fsp3) is 0.333. The molecule has 0 amide bonds. The average molecular weight is 196 g/mol. The van der Waals surface area contributed by atoms with Crippen molar-refractivity contribution < 1.29 is 0 Å². The van der Waals surface area contributed by atoms with Gasteiger partial charge in [0.15, 0.2) is 0 Å². The lowest BCUT2D eigenvalue weighted by molar-refractivity contribution is 0.697. The summed E-state index contributed by atoms with van der Waals surface area (Å²) in [7, 11) is 0. The second-order valence-electron chi connectivity index (χ2n) is 2.91. The van der Waals surface area contributed by atoms with Gasteiger partial charge in [-0.15, -0.1) is 0 Å². The Labute approximate surface area is 81.4 Å². The van der Waals surface area contributed by atoms with Crippen LogP contribution in [0.1, 0.15) is 13.3 Å². The number of fused-ring (bicyclic) bond motifs is 1. The highest BCUT2D eigenvalue weighted by atomic mass is 35.5. The molecule has 0 aliphatic rings. The van der Waals surface area contributed by atoms with Crippen LogP contribution in [0.25, 0.3) is 11.0 Å². The topological polar surface area (TPSA) is 30.7 Å². The van der Waals surface area contributed by atoms with E-state index >= 15 is 0 Å². The van der Waals surface area contributed by atoms with Crippen LogP contribution >= 0.6 is 11.6 Å². The molecular weight excluding hydrogens is 186 g/mol. The molecular formula is C9H10ClN3. The molecule has 0 aliphatic carbocycles. The molecule has 2 heterocycles. The van der Waals surface area contributed by atoms with E-state index in [2.05, 4.69) is 21.5 Å². The zero-order chi connectivity index (χ0) is 9.26. The van der Waals surface area contributed by atoms with Gasteiger partial charge < -0.3 is 4.57 Å². The van der Waals surface area contributed by atoms with E-state index in [9.17, 15) is 0 Å². The first-order valence-electron chi connectivity index (χ1n) is 4.28. The van der Waals surface area contributed by atoms with E-state index in [4.69, 9.17) is 11.6 Å². The molecule has 2 aromatic rings. The molecule has 0 aromatic carbocycles. The summed E-state index contributed by atoms with van der Waals surface area (Å²) in [5, 5.41) is 1.46. The molecule has 0 bridgehead atoms. The van der Waals surface area contributed by atoms with Crippen LogP contribution in [0.4, 0.5) is 0 Å². The summed E-state index contributed by atoms with van der Waals surface area (Å²) in [6.07, 6.45) is 4.58. The molecule has 13 heavy (non-hydrogen) atoms. The lowest BCUT2D eigenvalue weighted by atomic mass is 10.4. The van der Waals surface area contributed by atoms with Crippen molar-refractivity contribution in [2.45, 2.75) is 19.9 Å². The zero-order valence-corrected chi connectivity index (χ0v) is 8.12. The smallest absolute Gasteiger partial charge is 0.144 e. The molecule has 0 unspecified atom stereocenters. The monoisotopic (exact) mass is 195 g/mol. The van der Waals surface area contributed by atoms with Gasteiger partial charge in [0, 0.05) is 12.7 Å². The van der Waals surface area contributed by atoms with E-state index in [-0.39, 0.29) is 0 Å². The maximum Gasteiger partial charge on any atom is 0.144 e. The summed E-state index contributed by atoms with van der Waals surface area (Å²) in [5.74, 6) is 0. The third kappa shape index (κ3) is 1.40. The highest BCUT2D eigenvalue weighted by molar-refractivity contribution is 6.33. The minimum absolute atomic E-state index is 0.528. The van der Waals surface area contributed by atoms with Crippen LogP contribution in [0, 0.1) is 0 Å². The van der Waals surface area contributed by atoms with E-state index in [0.29, 0.717) is 5.15 Å². The highest BCUT2D eigenvalue weighted by Crippen LogP contribution is 2.19. The van der Waals surface area contributed by atoms with Gasteiger partial charge in [0.25, 0.3) is 0 Å². The van der Waals surface area contributed by atoms with Crippen LogP contribution in [-0.4, -0.2) is 14.5 Å². The highest BCUT2D eigenvalue weighted by Gasteiger charge is 2.04. The second kappa shape index (κ2) is 3.34. The number of hydrogen-bond acceptors (Lipinski definition) is 2. The molecule has 0 aliphatic heterocycles. The molecule has 0 saturated carbocycles. The molecule has 0 spiro atoms. The Bertz CT molecular complexity index is 422. The average Bonchev–Trinajstić information content (AvgIpc) is 2.51. The van der Waals surface area contributed by atoms with Crippen LogP contribution in [0.15, 0.2) is 18.6 Å². The molecule has 0 atom stereocenters. The number of aryl methyl sites for hydroxylation is 1. The summed E-state index contributed by atoms with van der Waals surface area (Å²) in [4.78, 5) is 8.11. The fourth-order valence-electron chi connectivity index (χ4n) is 1.39. The van der Waals surface area contributed by atoms with Crippen molar-refractivity contribution in [3.63, 3.8) is 0 Å². The van der Waals surface area contributed by atoms with Gasteiger partial charge in [-0.2, -0.15) is 0 Å². The Hall–Kier alpha value is -1.09. The first-order valence-corrected chi connectivity index (χ1v) is 4.66. The molecule has 3 nitrogen and oxygen atoms in total. The van der Waals surface area contributed by atoms with Gasteiger partial charge in [-0.3, -0.25) is 0 Å². The van der Waals surface area contributed by atoms with Crippen LogP contribution in [0.3, 0.4) is 0 Å². The quantitative estimate of drug-likeness (QED) is 0.690. The predicted molar refractivity (Wildman–Crippen MR) is 52.8 cm³/mol. The first kappa shape index (κ1) is 8.51. The fourth-order valence-corrected chi connectivity index (χ4v) is 1.59. The number of aromatic nitrogens is 3. The Morgan fingerprint density at radius 1 is 1.46 bits per heavy atom. The minimum Gasteiger partial charge on any atom is -0.332 e. The minimum atomic E-state index is 0.528. The van der Waals surface area contributed by atoms with Crippen molar-refractivity contribution in [3.05, 3.63) is 23.7 Å². The van der Waals surface area contributed by atoms with Crippen molar-refractivity contribution >= 4 is 22.6 Å². The summed E-state index contributed by atoms with van der Waals surface area (Å²) >= 11 is 5.91. The van der Waals surface area contributed by atoms with E-state index in [1.807, 2.05) is 12.3 Å². The third-order valence-electron chi connectivity index (χ3n) is 1.97. The number of halogens is 1. The van der Waals surface area contributed by atoms with Crippen LogP contribution in [0.2, 0.25) is 5.15 Å². The lowest BCUT2D eigenvalue weighted by Crippen LogP contribution is -1.95. The van der Waals surface area contributed by atoms with Crippen molar-refractivity contribution in [1.29, 1.82) is 0 Å². The molecule has 2 rings (SSSR count). The van der Waals surface area contributed by atoms with Gasteiger partial charge in [0.05, 0.1) is 5.39 Å². The van der Waals surface area contributed by atoms with E-state index < -0.39 is 0 Å². The molecule has 0 saturated heterocycles. The molecule has 0 fully saturated rings. The predicted octanol–water partition coefficient (Wildman–Crippen LogP) is 2.49. The van der Waals surface area contributed by atoms with E-state index in [1.54, 1.807) is 0 Å². The first-order chi connectivity index (χ1) is 6.33. The van der Waals surface area contributed by atoms with Gasteiger partial charge >= 0.3 is 0 Å². The van der Waals surface area contributed by atoms with Crippen LogP contribution in [-0.2, 0) is 6.54 Å². The third-order valence-corrected chi connectivity index (χ3v) is 2.27. The van der Waals surface area contributed by atoms with Crippen molar-refractivity contribution in [2.75, 3.05) is 0 Å². The zero-order valence-electron chi connectivity index (χ0n) is 7.37. The van der Waals surface area contributed by atoms with E-state index in [1.165, 1.54) is 6.33 Å². The number of nitrogens with zero attached hydrogens (tertiary/aromatic N) is 3. The SMILES string of the molecule is CCCn1ccc2c(Cl)ncnc21. The molecule has 68 valence electrons. The Kier molecular flexibility index (Phi) is 2.19. The van der Waals surface area contributed by atoms with Gasteiger partial charge in [-0.05, 0) is 12.5 Å². The van der Waals surface area contributed by atoms with Crippen LogP contribution in [0.5, 0.6) is 0 Å². The van der Waals surface area contributed by atoms with E-state index in [0.717, 1.165) is 24.0 Å². The van der Waals surface area contributed by atoms with Gasteiger partial charge in [0.1, 0.15) is 17.1 Å². The standard InChI is InChI=1S/C9H10ClN3/c1-2-4-13-5-3-7-8(10)11-6-12-9(7)13/h3,5-6H,2,4H2,1H3. The Morgan fingerprint density at radius 3 is 3.08 bits per heavy atom. The maximum atomic E-state index is 5.91. The maximum absolute atomic E-state index is 5.91. The Morgan fingerprint density at radius 2 is 2.31 bits per heavy atom. The largest absolute Gasteiger partial charge is 0.332 e. The van der Waals surface area contributed by atoms with Gasteiger partial charge in [0.2, 0.25) is 0 Å². The molecule has 2 aromatic heterocycles. The summed E-state index contributed by atoms with van der Waals surface area (Å²) < 4.78 is 2.09. The summed E-state index contributed by atoms with van der Waals surface area (Å²) in [6, 6.07) is 1.95. The van der Waals surface area contributed by atoms with Crippen molar-refractivity contribution in [1.82, 2.24) is 14.5 Å². The summed E-state index contributed by atoms with van der Waals surface area (Å²) in [5.41, 5.74) is 0.918. The summed E-state index contributed by atoms with van der Waals surface area (Å²) in [6.45, 7) is 3.10. The Balaban J connectivity index is 2.61. The van der Waals surface area contributed by atoms with Gasteiger partial charge in [-0.1, -0.05) is 18.5 Å². The normalized spacial score (nSPS) is 10.9.